The third kappa shape index (κ3) is 5.75. The number of rotatable bonds is 7. The third-order valence-corrected chi connectivity index (χ3v) is 3.85. The van der Waals surface area contributed by atoms with Crippen LogP contribution in [0.3, 0.4) is 0 Å². The largest absolute Gasteiger partial charge is 0.495 e. The van der Waals surface area contributed by atoms with Crippen LogP contribution in [0, 0.1) is 6.92 Å². The lowest BCUT2D eigenvalue weighted by molar-refractivity contribution is -0.131. The first kappa shape index (κ1) is 19.8. The fourth-order valence-electron chi connectivity index (χ4n) is 2.18. The minimum atomic E-state index is -0.806. The molecule has 0 saturated carbocycles. The molecule has 2 rings (SSSR count). The van der Waals surface area contributed by atoms with Crippen molar-refractivity contribution in [1.82, 2.24) is 0 Å². The molecular formula is C19H21ClN2O4. The van der Waals surface area contributed by atoms with E-state index in [2.05, 4.69) is 10.6 Å². The summed E-state index contributed by atoms with van der Waals surface area (Å²) in [6.07, 6.45) is -0.806. The van der Waals surface area contributed by atoms with Crippen LogP contribution in [0.25, 0.3) is 0 Å². The Morgan fingerprint density at radius 1 is 1.12 bits per heavy atom. The second-order valence-corrected chi connectivity index (χ2v) is 6.12. The van der Waals surface area contributed by atoms with E-state index in [-0.39, 0.29) is 18.4 Å². The van der Waals surface area contributed by atoms with Crippen LogP contribution in [0.15, 0.2) is 42.5 Å². The van der Waals surface area contributed by atoms with Gasteiger partial charge >= 0.3 is 0 Å². The van der Waals surface area contributed by atoms with Gasteiger partial charge in [-0.15, -0.1) is 0 Å². The number of benzene rings is 2. The van der Waals surface area contributed by atoms with Crippen molar-refractivity contribution in [2.45, 2.75) is 20.0 Å². The lowest BCUT2D eigenvalue weighted by atomic mass is 10.2. The molecule has 138 valence electrons. The number of anilines is 2. The lowest BCUT2D eigenvalue weighted by Crippen LogP contribution is -2.31. The summed E-state index contributed by atoms with van der Waals surface area (Å²) in [7, 11) is 1.51. The van der Waals surface area contributed by atoms with Gasteiger partial charge in [0.25, 0.3) is 5.91 Å². The van der Waals surface area contributed by atoms with Gasteiger partial charge in [-0.2, -0.15) is 0 Å². The molecule has 0 aliphatic heterocycles. The van der Waals surface area contributed by atoms with Gasteiger partial charge in [0.2, 0.25) is 5.91 Å². The van der Waals surface area contributed by atoms with Crippen molar-refractivity contribution in [1.29, 1.82) is 0 Å². The number of ether oxygens (including phenoxy) is 2. The Morgan fingerprint density at radius 2 is 1.85 bits per heavy atom. The molecule has 0 fully saturated rings. The minimum Gasteiger partial charge on any atom is -0.495 e. The van der Waals surface area contributed by atoms with E-state index in [0.29, 0.717) is 22.1 Å². The van der Waals surface area contributed by atoms with Crippen molar-refractivity contribution in [2.75, 3.05) is 24.4 Å². The summed E-state index contributed by atoms with van der Waals surface area (Å²) < 4.78 is 10.4. The van der Waals surface area contributed by atoms with Crippen LogP contribution in [0.2, 0.25) is 5.02 Å². The number of methoxy groups -OCH3 is 1. The second kappa shape index (κ2) is 9.22. The second-order valence-electron chi connectivity index (χ2n) is 5.71. The van der Waals surface area contributed by atoms with E-state index in [1.54, 1.807) is 31.2 Å². The average Bonchev–Trinajstić information content (AvgIpc) is 2.59. The Kier molecular flexibility index (Phi) is 7.00. The molecule has 7 heteroatoms. The number of hydrogen-bond donors (Lipinski definition) is 2. The molecule has 6 nitrogen and oxygen atoms in total. The fourth-order valence-corrected chi connectivity index (χ4v) is 2.44. The molecule has 26 heavy (non-hydrogen) atoms. The van der Waals surface area contributed by atoms with E-state index in [4.69, 9.17) is 21.1 Å². The summed E-state index contributed by atoms with van der Waals surface area (Å²) >= 11 is 6.02. The fraction of sp³-hybridized carbons (Fsp3) is 0.263. The summed E-state index contributed by atoms with van der Waals surface area (Å²) in [5.74, 6) is -0.195. The molecule has 2 amide bonds. The molecule has 0 saturated heterocycles. The van der Waals surface area contributed by atoms with Crippen LogP contribution < -0.4 is 15.4 Å². The highest BCUT2D eigenvalue weighted by molar-refractivity contribution is 6.32. The number of carbonyl (C=O) groups is 2. The average molecular weight is 377 g/mol. The molecule has 0 radical (unpaired) electrons. The van der Waals surface area contributed by atoms with Crippen LogP contribution in [0.1, 0.15) is 12.5 Å². The van der Waals surface area contributed by atoms with Gasteiger partial charge < -0.3 is 20.1 Å². The van der Waals surface area contributed by atoms with Gasteiger partial charge in [-0.25, -0.2) is 0 Å². The van der Waals surface area contributed by atoms with Crippen molar-refractivity contribution in [3.63, 3.8) is 0 Å². The summed E-state index contributed by atoms with van der Waals surface area (Å²) in [6.45, 7) is 3.27. The van der Waals surface area contributed by atoms with Gasteiger partial charge in [0.05, 0.1) is 12.1 Å². The van der Waals surface area contributed by atoms with Gasteiger partial charge in [-0.3, -0.25) is 9.59 Å². The molecular weight excluding hydrogens is 356 g/mol. The van der Waals surface area contributed by atoms with E-state index >= 15 is 0 Å². The Labute approximate surface area is 157 Å². The SMILES string of the molecule is COc1ccc(NC(=O)C(C)OCC(=O)Nc2cccc(C)c2)cc1Cl. The Hall–Kier alpha value is -2.57. The molecule has 0 heterocycles. The van der Waals surface area contributed by atoms with E-state index < -0.39 is 6.10 Å². The molecule has 0 aliphatic rings. The number of hydrogen-bond acceptors (Lipinski definition) is 4. The number of amides is 2. The van der Waals surface area contributed by atoms with Crippen molar-refractivity contribution in [2.24, 2.45) is 0 Å². The van der Waals surface area contributed by atoms with Crippen LogP contribution in [0.4, 0.5) is 11.4 Å². The van der Waals surface area contributed by atoms with Gasteiger partial charge in [0, 0.05) is 11.4 Å². The maximum Gasteiger partial charge on any atom is 0.253 e. The Bertz CT molecular complexity index is 795. The van der Waals surface area contributed by atoms with E-state index in [1.807, 2.05) is 25.1 Å². The summed E-state index contributed by atoms with van der Waals surface area (Å²) in [5.41, 5.74) is 2.23. The maximum absolute atomic E-state index is 12.2. The smallest absolute Gasteiger partial charge is 0.253 e. The Balaban J connectivity index is 1.83. The molecule has 2 aromatic rings. The predicted octanol–water partition coefficient (Wildman–Crippen LogP) is 3.64. The number of carbonyl (C=O) groups excluding carboxylic acids is 2. The van der Waals surface area contributed by atoms with Crippen LogP contribution in [-0.4, -0.2) is 31.6 Å². The zero-order chi connectivity index (χ0) is 19.1. The molecule has 0 bridgehead atoms. The van der Waals surface area contributed by atoms with Gasteiger partial charge in [0.1, 0.15) is 18.5 Å². The predicted molar refractivity (Wildman–Crippen MR) is 102 cm³/mol. The van der Waals surface area contributed by atoms with Crippen molar-refractivity contribution in [3.05, 3.63) is 53.1 Å². The van der Waals surface area contributed by atoms with Crippen LogP contribution >= 0.6 is 11.6 Å². The maximum atomic E-state index is 12.2. The lowest BCUT2D eigenvalue weighted by Gasteiger charge is -2.14. The first-order valence-electron chi connectivity index (χ1n) is 8.01. The quantitative estimate of drug-likeness (QED) is 0.773. The molecule has 0 aliphatic carbocycles. The van der Waals surface area contributed by atoms with E-state index in [0.717, 1.165) is 5.56 Å². The van der Waals surface area contributed by atoms with Crippen LogP contribution in [-0.2, 0) is 14.3 Å². The van der Waals surface area contributed by atoms with Crippen molar-refractivity contribution >= 4 is 34.8 Å². The highest BCUT2D eigenvalue weighted by Crippen LogP contribution is 2.27. The monoisotopic (exact) mass is 376 g/mol. The van der Waals surface area contributed by atoms with Gasteiger partial charge in [-0.1, -0.05) is 23.7 Å². The molecule has 0 aromatic heterocycles. The van der Waals surface area contributed by atoms with Gasteiger partial charge in [0.15, 0.2) is 0 Å². The first-order chi connectivity index (χ1) is 12.4. The number of nitrogens with one attached hydrogen (secondary N) is 2. The normalized spacial score (nSPS) is 11.5. The highest BCUT2D eigenvalue weighted by atomic mass is 35.5. The van der Waals surface area contributed by atoms with Gasteiger partial charge in [-0.05, 0) is 49.7 Å². The summed E-state index contributed by atoms with van der Waals surface area (Å²) in [5, 5.41) is 5.78. The summed E-state index contributed by atoms with van der Waals surface area (Å²) in [6, 6.07) is 12.3. The van der Waals surface area contributed by atoms with Crippen molar-refractivity contribution < 1.29 is 19.1 Å². The molecule has 1 unspecified atom stereocenters. The van der Waals surface area contributed by atoms with Crippen molar-refractivity contribution in [3.8, 4) is 5.75 Å². The standard InChI is InChI=1S/C19H21ClN2O4/c1-12-5-4-6-14(9-12)21-18(23)11-26-13(2)19(24)22-15-7-8-17(25-3)16(20)10-15/h4-10,13H,11H2,1-3H3,(H,21,23)(H,22,24). The zero-order valence-electron chi connectivity index (χ0n) is 14.8. The summed E-state index contributed by atoms with van der Waals surface area (Å²) in [4.78, 5) is 24.1. The topological polar surface area (TPSA) is 76.7 Å². The first-order valence-corrected chi connectivity index (χ1v) is 8.39. The molecule has 0 spiro atoms. The Morgan fingerprint density at radius 3 is 2.50 bits per heavy atom. The molecule has 1 atom stereocenters. The molecule has 2 N–H and O–H groups in total. The third-order valence-electron chi connectivity index (χ3n) is 3.55. The van der Waals surface area contributed by atoms with Crippen LogP contribution in [0.5, 0.6) is 5.75 Å². The zero-order valence-corrected chi connectivity index (χ0v) is 15.6. The minimum absolute atomic E-state index is 0.230. The number of halogens is 1. The van der Waals surface area contributed by atoms with E-state index in [1.165, 1.54) is 7.11 Å². The van der Waals surface area contributed by atoms with E-state index in [9.17, 15) is 9.59 Å². The highest BCUT2D eigenvalue weighted by Gasteiger charge is 2.16. The number of aryl methyl sites for hydroxylation is 1. The molecule has 2 aromatic carbocycles.